The second kappa shape index (κ2) is 5.89. The summed E-state index contributed by atoms with van der Waals surface area (Å²) in [6.07, 6.45) is 1.52. The fourth-order valence-electron chi connectivity index (χ4n) is 2.49. The molecule has 1 atom stereocenters. The molecule has 2 aliphatic heterocycles. The molecule has 0 aliphatic carbocycles. The van der Waals surface area contributed by atoms with E-state index >= 15 is 0 Å². The van der Waals surface area contributed by atoms with Gasteiger partial charge in [0.05, 0.1) is 5.02 Å². The van der Waals surface area contributed by atoms with Crippen molar-refractivity contribution < 1.29 is 14.3 Å². The van der Waals surface area contributed by atoms with Gasteiger partial charge in [0.2, 0.25) is 5.91 Å². The highest BCUT2D eigenvalue weighted by Crippen LogP contribution is 2.38. The van der Waals surface area contributed by atoms with Gasteiger partial charge in [-0.15, -0.1) is 0 Å². The number of ether oxygens (including phenoxy) is 2. The number of carbonyl (C=O) groups excluding carboxylic acids is 1. The van der Waals surface area contributed by atoms with Crippen LogP contribution in [0.15, 0.2) is 12.1 Å². The van der Waals surface area contributed by atoms with Crippen molar-refractivity contribution in [2.75, 3.05) is 19.8 Å². The lowest BCUT2D eigenvalue weighted by atomic mass is 10.1. The summed E-state index contributed by atoms with van der Waals surface area (Å²) in [6, 6.07) is 4.06. The van der Waals surface area contributed by atoms with Crippen molar-refractivity contribution in [3.8, 4) is 11.5 Å². The predicted molar refractivity (Wildman–Crippen MR) is 75.3 cm³/mol. The van der Waals surface area contributed by atoms with Crippen molar-refractivity contribution in [1.82, 2.24) is 10.6 Å². The zero-order valence-electron chi connectivity index (χ0n) is 11.1. The molecule has 0 aromatic heterocycles. The monoisotopic (exact) mass is 296 g/mol. The van der Waals surface area contributed by atoms with Crippen LogP contribution in [0.1, 0.15) is 18.4 Å². The van der Waals surface area contributed by atoms with E-state index in [-0.39, 0.29) is 11.9 Å². The molecule has 3 rings (SSSR count). The van der Waals surface area contributed by atoms with Gasteiger partial charge < -0.3 is 20.1 Å². The number of nitrogens with one attached hydrogen (secondary N) is 2. The van der Waals surface area contributed by atoms with Crippen LogP contribution in [0.3, 0.4) is 0 Å². The van der Waals surface area contributed by atoms with Crippen LogP contribution >= 0.6 is 11.6 Å². The Balaban J connectivity index is 1.57. The maximum atomic E-state index is 11.1. The first-order valence-corrected chi connectivity index (χ1v) is 7.18. The zero-order valence-corrected chi connectivity index (χ0v) is 11.8. The molecule has 2 heterocycles. The van der Waals surface area contributed by atoms with Crippen LogP contribution in [-0.2, 0) is 11.3 Å². The maximum absolute atomic E-state index is 11.1. The summed E-state index contributed by atoms with van der Waals surface area (Å²) in [7, 11) is 0. The third kappa shape index (κ3) is 2.99. The van der Waals surface area contributed by atoms with Crippen LogP contribution in [0, 0.1) is 0 Å². The van der Waals surface area contributed by atoms with Crippen LogP contribution in [0.25, 0.3) is 0 Å². The number of carbonyl (C=O) groups is 1. The van der Waals surface area contributed by atoms with Crippen LogP contribution < -0.4 is 20.1 Å². The molecule has 6 heteroatoms. The first-order chi connectivity index (χ1) is 9.72. The van der Waals surface area contributed by atoms with Crippen molar-refractivity contribution in [2.45, 2.75) is 25.4 Å². The van der Waals surface area contributed by atoms with Gasteiger partial charge in [0.1, 0.15) is 13.2 Å². The van der Waals surface area contributed by atoms with Crippen LogP contribution in [0.2, 0.25) is 5.02 Å². The Labute approximate surface area is 122 Å². The summed E-state index contributed by atoms with van der Waals surface area (Å²) in [5, 5.41) is 6.83. The topological polar surface area (TPSA) is 59.6 Å². The van der Waals surface area contributed by atoms with Gasteiger partial charge in [-0.3, -0.25) is 4.79 Å². The molecule has 1 unspecified atom stereocenters. The second-order valence-corrected chi connectivity index (χ2v) is 5.44. The van der Waals surface area contributed by atoms with Gasteiger partial charge in [0.15, 0.2) is 11.5 Å². The van der Waals surface area contributed by atoms with E-state index in [0.29, 0.717) is 42.7 Å². The normalized spacial score (nSPS) is 20.9. The van der Waals surface area contributed by atoms with Crippen molar-refractivity contribution in [3.63, 3.8) is 0 Å². The number of halogens is 1. The summed E-state index contributed by atoms with van der Waals surface area (Å²) in [6.45, 7) is 2.53. The Morgan fingerprint density at radius 1 is 1.35 bits per heavy atom. The van der Waals surface area contributed by atoms with E-state index in [1.54, 1.807) is 0 Å². The smallest absolute Gasteiger partial charge is 0.220 e. The minimum Gasteiger partial charge on any atom is -0.486 e. The Morgan fingerprint density at radius 3 is 3.00 bits per heavy atom. The van der Waals surface area contributed by atoms with Crippen molar-refractivity contribution in [1.29, 1.82) is 0 Å². The van der Waals surface area contributed by atoms with Gasteiger partial charge in [0, 0.05) is 25.6 Å². The van der Waals surface area contributed by atoms with E-state index in [4.69, 9.17) is 21.1 Å². The summed E-state index contributed by atoms with van der Waals surface area (Å²) in [5.74, 6) is 1.47. The Bertz CT molecular complexity index is 521. The molecular weight excluding hydrogens is 280 g/mol. The largest absolute Gasteiger partial charge is 0.486 e. The molecule has 0 bridgehead atoms. The maximum Gasteiger partial charge on any atom is 0.220 e. The van der Waals surface area contributed by atoms with E-state index < -0.39 is 0 Å². The minimum atomic E-state index is 0.138. The fourth-order valence-corrected chi connectivity index (χ4v) is 2.78. The Kier molecular flexibility index (Phi) is 3.98. The number of benzene rings is 1. The Morgan fingerprint density at radius 2 is 2.20 bits per heavy atom. The van der Waals surface area contributed by atoms with E-state index in [9.17, 15) is 4.79 Å². The van der Waals surface area contributed by atoms with Crippen LogP contribution in [0.4, 0.5) is 0 Å². The summed E-state index contributed by atoms with van der Waals surface area (Å²) in [5.41, 5.74) is 1.04. The molecule has 108 valence electrons. The van der Waals surface area contributed by atoms with Crippen LogP contribution in [-0.4, -0.2) is 31.7 Å². The molecule has 1 aromatic rings. The quantitative estimate of drug-likeness (QED) is 0.883. The molecule has 0 radical (unpaired) electrons. The van der Waals surface area contributed by atoms with Crippen LogP contribution in [0.5, 0.6) is 11.5 Å². The number of rotatable bonds is 4. The summed E-state index contributed by atoms with van der Waals surface area (Å²) < 4.78 is 11.0. The molecule has 20 heavy (non-hydrogen) atoms. The van der Waals surface area contributed by atoms with E-state index in [1.807, 2.05) is 12.1 Å². The molecule has 5 nitrogen and oxygen atoms in total. The first kappa shape index (κ1) is 13.5. The Hall–Kier alpha value is -1.46. The third-order valence-corrected chi connectivity index (χ3v) is 3.74. The highest BCUT2D eigenvalue weighted by Gasteiger charge is 2.20. The molecule has 2 aliphatic rings. The van der Waals surface area contributed by atoms with E-state index in [0.717, 1.165) is 18.5 Å². The SMILES string of the molecule is O=C1CCC(CNCc2cc(Cl)c3c(c2)OCCO3)N1. The van der Waals surface area contributed by atoms with Gasteiger partial charge in [-0.1, -0.05) is 11.6 Å². The highest BCUT2D eigenvalue weighted by atomic mass is 35.5. The summed E-state index contributed by atoms with van der Waals surface area (Å²) >= 11 is 6.18. The van der Waals surface area contributed by atoms with E-state index in [2.05, 4.69) is 10.6 Å². The lowest BCUT2D eigenvalue weighted by Gasteiger charge is -2.20. The second-order valence-electron chi connectivity index (χ2n) is 5.04. The van der Waals surface area contributed by atoms with Gasteiger partial charge in [-0.25, -0.2) is 0 Å². The molecular formula is C14H17ClN2O3. The molecule has 1 fully saturated rings. The molecule has 0 spiro atoms. The molecule has 1 saturated heterocycles. The summed E-state index contributed by atoms with van der Waals surface area (Å²) in [4.78, 5) is 11.1. The first-order valence-electron chi connectivity index (χ1n) is 6.80. The lowest BCUT2D eigenvalue weighted by molar-refractivity contribution is -0.119. The van der Waals surface area contributed by atoms with E-state index in [1.165, 1.54) is 0 Å². The number of hydrogen-bond donors (Lipinski definition) is 2. The molecule has 1 amide bonds. The van der Waals surface area contributed by atoms with Crippen molar-refractivity contribution >= 4 is 17.5 Å². The van der Waals surface area contributed by atoms with Crippen molar-refractivity contribution in [3.05, 3.63) is 22.7 Å². The predicted octanol–water partition coefficient (Wildman–Crippen LogP) is 1.48. The third-order valence-electron chi connectivity index (χ3n) is 3.46. The molecule has 0 saturated carbocycles. The standard InChI is InChI=1S/C14H17ClN2O3/c15-11-5-9(6-12-14(11)20-4-3-19-12)7-16-8-10-1-2-13(18)17-10/h5-6,10,16H,1-4,7-8H2,(H,17,18). The highest BCUT2D eigenvalue weighted by molar-refractivity contribution is 6.32. The van der Waals surface area contributed by atoms with Gasteiger partial charge in [-0.2, -0.15) is 0 Å². The minimum absolute atomic E-state index is 0.138. The van der Waals surface area contributed by atoms with Gasteiger partial charge in [-0.05, 0) is 24.1 Å². The lowest BCUT2D eigenvalue weighted by Crippen LogP contribution is -2.35. The number of hydrogen-bond acceptors (Lipinski definition) is 4. The van der Waals surface area contributed by atoms with Gasteiger partial charge in [0.25, 0.3) is 0 Å². The zero-order chi connectivity index (χ0) is 13.9. The fraction of sp³-hybridized carbons (Fsp3) is 0.500. The van der Waals surface area contributed by atoms with Crippen molar-refractivity contribution in [2.24, 2.45) is 0 Å². The molecule has 1 aromatic carbocycles. The number of fused-ring (bicyclic) bond motifs is 1. The average Bonchev–Trinajstić information content (AvgIpc) is 2.85. The average molecular weight is 297 g/mol. The number of amides is 1. The molecule has 2 N–H and O–H groups in total. The van der Waals surface area contributed by atoms with Gasteiger partial charge >= 0.3 is 0 Å².